The highest BCUT2D eigenvalue weighted by atomic mass is 35.5. The zero-order chi connectivity index (χ0) is 16.0. The molecule has 0 spiro atoms. The molecule has 9 heteroatoms. The third kappa shape index (κ3) is 5.20. The molecule has 0 aliphatic carbocycles. The number of carbonyl (C=O) groups is 1. The normalized spacial score (nSPS) is 11.7. The summed E-state index contributed by atoms with van der Waals surface area (Å²) in [6.07, 6.45) is -3.90. The molecule has 1 rings (SSSR count). The summed E-state index contributed by atoms with van der Waals surface area (Å²) in [7, 11) is 1.56. The predicted molar refractivity (Wildman–Crippen MR) is 71.1 cm³/mol. The molecule has 5 nitrogen and oxygen atoms in total. The van der Waals surface area contributed by atoms with Crippen molar-refractivity contribution in [3.63, 3.8) is 0 Å². The van der Waals surface area contributed by atoms with Gasteiger partial charge >= 0.3 is 6.18 Å². The molecule has 1 aromatic heterocycles. The highest BCUT2D eigenvalue weighted by molar-refractivity contribution is 6.31. The summed E-state index contributed by atoms with van der Waals surface area (Å²) in [6.45, 7) is 2.46. The van der Waals surface area contributed by atoms with Crippen molar-refractivity contribution in [2.24, 2.45) is 0 Å². The lowest BCUT2D eigenvalue weighted by Crippen LogP contribution is -2.26. The number of rotatable bonds is 7. The van der Waals surface area contributed by atoms with Gasteiger partial charge < -0.3 is 10.1 Å². The van der Waals surface area contributed by atoms with E-state index in [2.05, 4.69) is 10.4 Å². The number of alkyl halides is 3. The Labute approximate surface area is 125 Å². The quantitative estimate of drug-likeness (QED) is 0.782. The summed E-state index contributed by atoms with van der Waals surface area (Å²) in [5, 5.41) is 5.64. The van der Waals surface area contributed by atoms with Crippen LogP contribution >= 0.6 is 11.6 Å². The van der Waals surface area contributed by atoms with Crippen molar-refractivity contribution in [1.82, 2.24) is 15.1 Å². The van der Waals surface area contributed by atoms with Gasteiger partial charge in [0, 0.05) is 26.7 Å². The Hall–Kier alpha value is -1.28. The van der Waals surface area contributed by atoms with E-state index in [1.54, 1.807) is 7.11 Å². The lowest BCUT2D eigenvalue weighted by atomic mass is 10.3. The van der Waals surface area contributed by atoms with E-state index in [4.69, 9.17) is 16.3 Å². The molecule has 1 N–H and O–H groups in total. The minimum atomic E-state index is -4.60. The zero-order valence-corrected chi connectivity index (χ0v) is 12.5. The fourth-order valence-electron chi connectivity index (χ4n) is 1.66. The molecule has 1 aromatic rings. The van der Waals surface area contributed by atoms with Gasteiger partial charge in [-0.2, -0.15) is 18.3 Å². The number of halogens is 4. The van der Waals surface area contributed by atoms with Gasteiger partial charge in [-0.05, 0) is 13.3 Å². The maximum Gasteiger partial charge on any atom is 0.436 e. The highest BCUT2D eigenvalue weighted by Gasteiger charge is 2.38. The number of aromatic nitrogens is 2. The van der Waals surface area contributed by atoms with E-state index in [1.807, 2.05) is 0 Å². The number of amides is 1. The Balaban J connectivity index is 2.54. The van der Waals surface area contributed by atoms with Crippen molar-refractivity contribution in [3.8, 4) is 0 Å². The molecule has 1 heterocycles. The first-order valence-electron chi connectivity index (χ1n) is 6.33. The Kier molecular flexibility index (Phi) is 6.47. The van der Waals surface area contributed by atoms with Crippen molar-refractivity contribution in [2.75, 3.05) is 20.3 Å². The minimum absolute atomic E-state index is 0.0309. The maximum absolute atomic E-state index is 12.6. The van der Waals surface area contributed by atoms with Gasteiger partial charge in [-0.15, -0.1) is 0 Å². The summed E-state index contributed by atoms with van der Waals surface area (Å²) in [4.78, 5) is 11.5. The number of ether oxygens (including phenoxy) is 1. The van der Waals surface area contributed by atoms with Gasteiger partial charge in [-0.25, -0.2) is 0 Å². The van der Waals surface area contributed by atoms with Crippen molar-refractivity contribution < 1.29 is 22.7 Å². The number of methoxy groups -OCH3 is 1. The van der Waals surface area contributed by atoms with Gasteiger partial charge in [-0.1, -0.05) is 11.6 Å². The first-order valence-corrected chi connectivity index (χ1v) is 6.71. The average molecular weight is 328 g/mol. The lowest BCUT2D eigenvalue weighted by Gasteiger charge is -2.06. The van der Waals surface area contributed by atoms with Gasteiger partial charge in [0.2, 0.25) is 5.91 Å². The minimum Gasteiger partial charge on any atom is -0.385 e. The second-order valence-corrected chi connectivity index (χ2v) is 4.79. The number of aryl methyl sites for hydroxylation is 1. The molecule has 0 aliphatic heterocycles. The van der Waals surface area contributed by atoms with E-state index in [9.17, 15) is 18.0 Å². The summed E-state index contributed by atoms with van der Waals surface area (Å²) in [5.41, 5.74) is -0.932. The fourth-order valence-corrected chi connectivity index (χ4v) is 1.91. The van der Waals surface area contributed by atoms with E-state index < -0.39 is 16.9 Å². The molecule has 0 saturated heterocycles. The molecule has 1 amide bonds. The molecule has 0 bridgehead atoms. The van der Waals surface area contributed by atoms with Crippen LogP contribution in [-0.2, 0) is 22.3 Å². The smallest absolute Gasteiger partial charge is 0.385 e. The molecule has 0 saturated carbocycles. The molecule has 0 atom stereocenters. The number of nitrogens with one attached hydrogen (secondary N) is 1. The third-order valence-electron chi connectivity index (χ3n) is 2.80. The molecule has 21 heavy (non-hydrogen) atoms. The van der Waals surface area contributed by atoms with E-state index in [-0.39, 0.29) is 24.6 Å². The molecule has 0 fully saturated rings. The summed E-state index contributed by atoms with van der Waals surface area (Å²) >= 11 is 5.61. The summed E-state index contributed by atoms with van der Waals surface area (Å²) in [5.74, 6) is -0.259. The molecular weight excluding hydrogens is 311 g/mol. The standard InChI is InChI=1S/C12H17ClF3N3O2/c1-8-10(13)11(12(14,15)16)18-19(8)6-4-9(20)17-5-3-7-21-2/h3-7H2,1-2H3,(H,17,20). The predicted octanol–water partition coefficient (Wildman–Crippen LogP) is 2.41. The van der Waals surface area contributed by atoms with Crippen LogP contribution in [0.4, 0.5) is 13.2 Å². The Morgan fingerprint density at radius 3 is 2.67 bits per heavy atom. The SMILES string of the molecule is COCCCNC(=O)CCn1nc(C(F)(F)F)c(Cl)c1C. The lowest BCUT2D eigenvalue weighted by molar-refractivity contribution is -0.141. The Morgan fingerprint density at radius 1 is 1.48 bits per heavy atom. The van der Waals surface area contributed by atoms with Crippen LogP contribution in [0.1, 0.15) is 24.2 Å². The van der Waals surface area contributed by atoms with Gasteiger partial charge in [0.05, 0.1) is 17.3 Å². The fraction of sp³-hybridized carbons (Fsp3) is 0.667. The van der Waals surface area contributed by atoms with Crippen LogP contribution in [-0.4, -0.2) is 35.9 Å². The third-order valence-corrected chi connectivity index (χ3v) is 3.25. The van der Waals surface area contributed by atoms with Crippen molar-refractivity contribution in [2.45, 2.75) is 32.5 Å². The Morgan fingerprint density at radius 2 is 2.14 bits per heavy atom. The van der Waals surface area contributed by atoms with Crippen molar-refractivity contribution in [3.05, 3.63) is 16.4 Å². The van der Waals surface area contributed by atoms with Crippen LogP contribution in [0.2, 0.25) is 5.02 Å². The molecule has 120 valence electrons. The molecule has 0 aliphatic rings. The molecule has 0 unspecified atom stereocenters. The van der Waals surface area contributed by atoms with Crippen LogP contribution in [0.3, 0.4) is 0 Å². The van der Waals surface area contributed by atoms with Crippen LogP contribution < -0.4 is 5.32 Å². The van der Waals surface area contributed by atoms with Gasteiger partial charge in [-0.3, -0.25) is 9.48 Å². The Bertz CT molecular complexity index is 489. The van der Waals surface area contributed by atoms with E-state index >= 15 is 0 Å². The molecule has 0 aromatic carbocycles. The average Bonchev–Trinajstić information content (AvgIpc) is 2.69. The van der Waals surface area contributed by atoms with Gasteiger partial charge in [0.15, 0.2) is 5.69 Å². The maximum atomic E-state index is 12.6. The van der Waals surface area contributed by atoms with E-state index in [0.717, 1.165) is 4.68 Å². The van der Waals surface area contributed by atoms with Crippen molar-refractivity contribution in [1.29, 1.82) is 0 Å². The molecule has 0 radical (unpaired) electrons. The first-order chi connectivity index (χ1) is 9.77. The van der Waals surface area contributed by atoms with Crippen LogP contribution in [0.5, 0.6) is 0 Å². The number of carbonyl (C=O) groups excluding carboxylic acids is 1. The van der Waals surface area contributed by atoms with Crippen LogP contribution in [0.15, 0.2) is 0 Å². The number of nitrogens with zero attached hydrogens (tertiary/aromatic N) is 2. The summed E-state index contributed by atoms with van der Waals surface area (Å²) < 4.78 is 43.8. The second kappa shape index (κ2) is 7.65. The first kappa shape index (κ1) is 17.8. The van der Waals surface area contributed by atoms with E-state index in [1.165, 1.54) is 6.92 Å². The van der Waals surface area contributed by atoms with Crippen LogP contribution in [0, 0.1) is 6.92 Å². The number of hydrogen-bond donors (Lipinski definition) is 1. The van der Waals surface area contributed by atoms with Gasteiger partial charge in [0.1, 0.15) is 0 Å². The number of hydrogen-bond acceptors (Lipinski definition) is 3. The molecular formula is C12H17ClF3N3O2. The van der Waals surface area contributed by atoms with Gasteiger partial charge in [0.25, 0.3) is 0 Å². The van der Waals surface area contributed by atoms with Crippen molar-refractivity contribution >= 4 is 17.5 Å². The van der Waals surface area contributed by atoms with Crippen LogP contribution in [0.25, 0.3) is 0 Å². The summed E-state index contributed by atoms with van der Waals surface area (Å²) in [6, 6.07) is 0. The monoisotopic (exact) mass is 327 g/mol. The zero-order valence-electron chi connectivity index (χ0n) is 11.8. The largest absolute Gasteiger partial charge is 0.436 e. The highest BCUT2D eigenvalue weighted by Crippen LogP contribution is 2.35. The topological polar surface area (TPSA) is 56.1 Å². The van der Waals surface area contributed by atoms with E-state index in [0.29, 0.717) is 19.6 Å². The second-order valence-electron chi connectivity index (χ2n) is 4.42.